The van der Waals surface area contributed by atoms with Gasteiger partial charge in [0.1, 0.15) is 23.8 Å². The summed E-state index contributed by atoms with van der Waals surface area (Å²) >= 11 is 0. The number of benzene rings is 3. The van der Waals surface area contributed by atoms with E-state index in [0.717, 1.165) is 11.1 Å². The minimum absolute atomic E-state index is 0.00364. The first-order valence-corrected chi connectivity index (χ1v) is 7.58. The molecule has 0 aliphatic carbocycles. The van der Waals surface area contributed by atoms with Crippen LogP contribution < -0.4 is 15.2 Å². The SMILES string of the molecule is COc1cc(-c2ccccc2OCc2ccccc2)cc(F)c1N. The molecule has 2 N–H and O–H groups in total. The van der Waals surface area contributed by atoms with Crippen molar-refractivity contribution in [2.24, 2.45) is 0 Å². The Morgan fingerprint density at radius 3 is 2.38 bits per heavy atom. The number of hydrogen-bond donors (Lipinski definition) is 1. The van der Waals surface area contributed by atoms with Crippen LogP contribution in [0.3, 0.4) is 0 Å². The highest BCUT2D eigenvalue weighted by Crippen LogP contribution is 2.36. The summed E-state index contributed by atoms with van der Waals surface area (Å²) in [5.41, 5.74) is 8.19. The second kappa shape index (κ2) is 7.04. The molecule has 122 valence electrons. The van der Waals surface area contributed by atoms with Gasteiger partial charge in [0.15, 0.2) is 5.82 Å². The quantitative estimate of drug-likeness (QED) is 0.694. The van der Waals surface area contributed by atoms with Crippen molar-refractivity contribution in [1.29, 1.82) is 0 Å². The summed E-state index contributed by atoms with van der Waals surface area (Å²) in [4.78, 5) is 0. The lowest BCUT2D eigenvalue weighted by Gasteiger charge is -2.14. The van der Waals surface area contributed by atoms with E-state index in [1.54, 1.807) is 6.07 Å². The first-order chi connectivity index (χ1) is 11.7. The average molecular weight is 323 g/mol. The van der Waals surface area contributed by atoms with Gasteiger partial charge in [0, 0.05) is 5.56 Å². The highest BCUT2D eigenvalue weighted by Gasteiger charge is 2.13. The Morgan fingerprint density at radius 2 is 1.62 bits per heavy atom. The van der Waals surface area contributed by atoms with Crippen molar-refractivity contribution >= 4 is 5.69 Å². The van der Waals surface area contributed by atoms with Crippen LogP contribution in [-0.2, 0) is 6.61 Å². The molecule has 3 nitrogen and oxygen atoms in total. The minimum atomic E-state index is -0.512. The molecule has 24 heavy (non-hydrogen) atoms. The third-order valence-corrected chi connectivity index (χ3v) is 3.75. The molecule has 0 heterocycles. The van der Waals surface area contributed by atoms with E-state index in [1.807, 2.05) is 54.6 Å². The molecule has 4 heteroatoms. The monoisotopic (exact) mass is 323 g/mol. The van der Waals surface area contributed by atoms with Crippen LogP contribution in [0.25, 0.3) is 11.1 Å². The number of nitrogens with two attached hydrogens (primary N) is 1. The van der Waals surface area contributed by atoms with Gasteiger partial charge in [0.05, 0.1) is 7.11 Å². The summed E-state index contributed by atoms with van der Waals surface area (Å²) in [6.45, 7) is 0.437. The molecule has 3 aromatic carbocycles. The molecule has 0 aliphatic heterocycles. The number of nitrogen functional groups attached to an aromatic ring is 1. The standard InChI is InChI=1S/C20H18FNO2/c1-23-19-12-15(11-17(21)20(19)22)16-9-5-6-10-18(16)24-13-14-7-3-2-4-8-14/h2-12H,13,22H2,1H3. The van der Waals surface area contributed by atoms with Crippen molar-refractivity contribution in [2.45, 2.75) is 6.61 Å². The van der Waals surface area contributed by atoms with Crippen molar-refractivity contribution in [2.75, 3.05) is 12.8 Å². The molecule has 0 amide bonds. The number of methoxy groups -OCH3 is 1. The van der Waals surface area contributed by atoms with Gasteiger partial charge in [-0.25, -0.2) is 4.39 Å². The maximum absolute atomic E-state index is 14.0. The lowest BCUT2D eigenvalue weighted by atomic mass is 10.0. The highest BCUT2D eigenvalue weighted by atomic mass is 19.1. The Bertz CT molecular complexity index is 834. The van der Waals surface area contributed by atoms with Crippen LogP contribution in [0, 0.1) is 5.82 Å². The molecule has 0 unspecified atom stereocenters. The summed E-state index contributed by atoms with van der Waals surface area (Å²) in [5.74, 6) is 0.470. The third-order valence-electron chi connectivity index (χ3n) is 3.75. The second-order valence-corrected chi connectivity index (χ2v) is 5.34. The van der Waals surface area contributed by atoms with Crippen LogP contribution >= 0.6 is 0 Å². The number of rotatable bonds is 5. The fraction of sp³-hybridized carbons (Fsp3) is 0.100. The lowest BCUT2D eigenvalue weighted by molar-refractivity contribution is 0.307. The Hall–Kier alpha value is -3.01. The topological polar surface area (TPSA) is 44.5 Å². The number of para-hydroxylation sites is 1. The zero-order valence-electron chi connectivity index (χ0n) is 13.3. The van der Waals surface area contributed by atoms with Gasteiger partial charge in [-0.1, -0.05) is 48.5 Å². The number of halogens is 1. The molecule has 3 aromatic rings. The zero-order valence-corrected chi connectivity index (χ0v) is 13.3. The molecule has 0 bridgehead atoms. The van der Waals surface area contributed by atoms with Crippen LogP contribution in [0.5, 0.6) is 11.5 Å². The Balaban J connectivity index is 1.93. The summed E-state index contributed by atoms with van der Waals surface area (Å²) in [6, 6.07) is 20.5. The van der Waals surface area contributed by atoms with Gasteiger partial charge >= 0.3 is 0 Å². The van der Waals surface area contributed by atoms with Crippen LogP contribution in [-0.4, -0.2) is 7.11 Å². The number of hydrogen-bond acceptors (Lipinski definition) is 3. The lowest BCUT2D eigenvalue weighted by Crippen LogP contribution is -1.99. The van der Waals surface area contributed by atoms with Crippen molar-refractivity contribution in [3.63, 3.8) is 0 Å². The molecule has 0 atom stereocenters. The molecule has 3 rings (SSSR count). The first kappa shape index (κ1) is 15.9. The van der Waals surface area contributed by atoms with E-state index in [1.165, 1.54) is 13.2 Å². The summed E-state index contributed by atoms with van der Waals surface area (Å²) in [6.07, 6.45) is 0. The fourth-order valence-electron chi connectivity index (χ4n) is 2.48. The highest BCUT2D eigenvalue weighted by molar-refractivity contribution is 5.74. The molecule has 0 aliphatic rings. The van der Waals surface area contributed by atoms with Crippen molar-refractivity contribution < 1.29 is 13.9 Å². The van der Waals surface area contributed by atoms with Crippen LogP contribution in [0.2, 0.25) is 0 Å². The van der Waals surface area contributed by atoms with E-state index in [9.17, 15) is 4.39 Å². The van der Waals surface area contributed by atoms with Crippen molar-refractivity contribution in [3.05, 3.63) is 78.1 Å². The van der Waals surface area contributed by atoms with E-state index in [2.05, 4.69) is 0 Å². The fourth-order valence-corrected chi connectivity index (χ4v) is 2.48. The van der Waals surface area contributed by atoms with Gasteiger partial charge in [-0.15, -0.1) is 0 Å². The van der Waals surface area contributed by atoms with Crippen LogP contribution in [0.4, 0.5) is 10.1 Å². The Morgan fingerprint density at radius 1 is 0.917 bits per heavy atom. The Kier molecular flexibility index (Phi) is 4.66. The Labute approximate surface area is 140 Å². The van der Waals surface area contributed by atoms with Crippen LogP contribution in [0.15, 0.2) is 66.7 Å². The van der Waals surface area contributed by atoms with E-state index in [0.29, 0.717) is 23.7 Å². The minimum Gasteiger partial charge on any atom is -0.494 e. The maximum atomic E-state index is 14.0. The summed E-state index contributed by atoms with van der Waals surface area (Å²) in [5, 5.41) is 0. The molecule has 0 aromatic heterocycles. The normalized spacial score (nSPS) is 10.4. The van der Waals surface area contributed by atoms with E-state index in [4.69, 9.17) is 15.2 Å². The van der Waals surface area contributed by atoms with E-state index >= 15 is 0 Å². The second-order valence-electron chi connectivity index (χ2n) is 5.34. The number of ether oxygens (including phenoxy) is 2. The van der Waals surface area contributed by atoms with E-state index < -0.39 is 5.82 Å². The van der Waals surface area contributed by atoms with Crippen molar-refractivity contribution in [3.8, 4) is 22.6 Å². The van der Waals surface area contributed by atoms with Gasteiger partial charge in [-0.3, -0.25) is 0 Å². The van der Waals surface area contributed by atoms with Gasteiger partial charge < -0.3 is 15.2 Å². The zero-order chi connectivity index (χ0) is 16.9. The van der Waals surface area contributed by atoms with Gasteiger partial charge in [-0.2, -0.15) is 0 Å². The van der Waals surface area contributed by atoms with Crippen LogP contribution in [0.1, 0.15) is 5.56 Å². The summed E-state index contributed by atoms with van der Waals surface area (Å²) in [7, 11) is 1.47. The van der Waals surface area contributed by atoms with Gasteiger partial charge in [-0.05, 0) is 29.3 Å². The smallest absolute Gasteiger partial charge is 0.150 e. The first-order valence-electron chi connectivity index (χ1n) is 7.58. The molecule has 0 radical (unpaired) electrons. The molecule has 0 saturated carbocycles. The predicted molar refractivity (Wildman–Crippen MR) is 93.6 cm³/mol. The molecular weight excluding hydrogens is 305 g/mol. The van der Waals surface area contributed by atoms with Crippen molar-refractivity contribution in [1.82, 2.24) is 0 Å². The molecule has 0 spiro atoms. The largest absolute Gasteiger partial charge is 0.494 e. The molecular formula is C20H18FNO2. The third kappa shape index (κ3) is 3.33. The maximum Gasteiger partial charge on any atom is 0.150 e. The molecule has 0 fully saturated rings. The predicted octanol–water partition coefficient (Wildman–Crippen LogP) is 4.66. The average Bonchev–Trinajstić information content (AvgIpc) is 2.63. The van der Waals surface area contributed by atoms with Gasteiger partial charge in [0.2, 0.25) is 0 Å². The van der Waals surface area contributed by atoms with Gasteiger partial charge in [0.25, 0.3) is 0 Å². The molecule has 0 saturated heterocycles. The summed E-state index contributed by atoms with van der Waals surface area (Å²) < 4.78 is 25.1. The number of anilines is 1. The van der Waals surface area contributed by atoms with E-state index in [-0.39, 0.29) is 5.69 Å².